The van der Waals surface area contributed by atoms with Gasteiger partial charge in [0, 0.05) is 42.3 Å². The molecule has 1 saturated heterocycles. The second-order valence-electron chi connectivity index (χ2n) is 10.1. The van der Waals surface area contributed by atoms with Gasteiger partial charge < -0.3 is 25.7 Å². The van der Waals surface area contributed by atoms with Crippen molar-refractivity contribution >= 4 is 46.8 Å². The van der Waals surface area contributed by atoms with Crippen molar-refractivity contribution in [1.29, 1.82) is 0 Å². The summed E-state index contributed by atoms with van der Waals surface area (Å²) in [5, 5.41) is 3.04. The molecule has 2 aliphatic rings. The van der Waals surface area contributed by atoms with Crippen LogP contribution in [0.25, 0.3) is 11.6 Å². The number of nitrogen functional groups attached to an aromatic ring is 1. The number of carbonyl (C=O) groups excluding carboxylic acids is 2. The molecule has 3 aromatic rings. The number of aromatic amines is 1. The van der Waals surface area contributed by atoms with E-state index in [0.717, 1.165) is 30.8 Å². The molecule has 11 nitrogen and oxygen atoms in total. The monoisotopic (exact) mass is 564 g/mol. The van der Waals surface area contributed by atoms with Crippen LogP contribution in [-0.2, 0) is 11.3 Å². The lowest BCUT2D eigenvalue weighted by Gasteiger charge is -2.26. The number of ether oxygens (including phenoxy) is 1. The van der Waals surface area contributed by atoms with E-state index in [2.05, 4.69) is 30.2 Å². The van der Waals surface area contributed by atoms with Gasteiger partial charge in [0.15, 0.2) is 5.82 Å². The first-order valence-electron chi connectivity index (χ1n) is 13.3. The molecule has 0 atom stereocenters. The number of nitrogens with two attached hydrogens (primary N) is 1. The Morgan fingerprint density at radius 1 is 1.25 bits per heavy atom. The summed E-state index contributed by atoms with van der Waals surface area (Å²) in [5.41, 5.74) is 9.97. The van der Waals surface area contributed by atoms with Crippen LogP contribution >= 0.6 is 11.6 Å². The molecule has 210 valence electrons. The maximum atomic E-state index is 13.7. The van der Waals surface area contributed by atoms with Crippen LogP contribution < -0.4 is 20.7 Å². The van der Waals surface area contributed by atoms with Gasteiger partial charge in [0.1, 0.15) is 10.9 Å². The molecule has 0 aromatic carbocycles. The second-order valence-corrected chi connectivity index (χ2v) is 10.4. The van der Waals surface area contributed by atoms with Gasteiger partial charge in [-0.25, -0.2) is 4.98 Å². The predicted octanol–water partition coefficient (Wildman–Crippen LogP) is 3.36. The van der Waals surface area contributed by atoms with Crippen LogP contribution in [0.4, 0.5) is 11.8 Å². The summed E-state index contributed by atoms with van der Waals surface area (Å²) in [6.07, 6.45) is 8.66. The summed E-state index contributed by atoms with van der Waals surface area (Å²) < 4.78 is 5.53. The Labute approximate surface area is 237 Å². The second kappa shape index (κ2) is 11.6. The SMILES string of the molecule is COc1c(C)cnc(CN2C(=O)/C(=C\c3cc(C(=O)NCCN4CCCCC4)c[nH]3)c3c(Cl)nc(N)nc32)c1C. The number of aryl methyl sites for hydroxylation is 1. The van der Waals surface area contributed by atoms with Gasteiger partial charge in [-0.1, -0.05) is 18.0 Å². The minimum atomic E-state index is -0.334. The first-order chi connectivity index (χ1) is 19.3. The van der Waals surface area contributed by atoms with Crippen molar-refractivity contribution in [1.82, 2.24) is 30.2 Å². The maximum absolute atomic E-state index is 13.7. The van der Waals surface area contributed by atoms with Gasteiger partial charge in [0.2, 0.25) is 5.95 Å². The van der Waals surface area contributed by atoms with Gasteiger partial charge in [-0.15, -0.1) is 0 Å². The van der Waals surface area contributed by atoms with Crippen LogP contribution in [-0.4, -0.2) is 69.9 Å². The summed E-state index contributed by atoms with van der Waals surface area (Å²) >= 11 is 6.48. The molecule has 2 aliphatic heterocycles. The van der Waals surface area contributed by atoms with Gasteiger partial charge in [-0.3, -0.25) is 19.5 Å². The van der Waals surface area contributed by atoms with Crippen molar-refractivity contribution in [3.05, 3.63) is 57.3 Å². The number of amides is 2. The third-order valence-electron chi connectivity index (χ3n) is 7.35. The van der Waals surface area contributed by atoms with E-state index in [1.54, 1.807) is 31.6 Å². The first kappa shape index (κ1) is 27.6. The fraction of sp³-hybridized carbons (Fsp3) is 0.393. The van der Waals surface area contributed by atoms with E-state index in [-0.39, 0.29) is 35.0 Å². The summed E-state index contributed by atoms with van der Waals surface area (Å²) in [4.78, 5) is 46.3. The molecular weight excluding hydrogens is 532 g/mol. The number of hydrogen-bond acceptors (Lipinski definition) is 8. The third-order valence-corrected chi connectivity index (χ3v) is 7.62. The molecule has 0 radical (unpaired) electrons. The summed E-state index contributed by atoms with van der Waals surface area (Å²) in [6.45, 7) is 7.50. The highest BCUT2D eigenvalue weighted by Crippen LogP contribution is 2.41. The largest absolute Gasteiger partial charge is 0.496 e. The topological polar surface area (TPSA) is 142 Å². The lowest BCUT2D eigenvalue weighted by atomic mass is 10.1. The van der Waals surface area contributed by atoms with E-state index in [0.29, 0.717) is 40.6 Å². The van der Waals surface area contributed by atoms with E-state index < -0.39 is 0 Å². The Bertz CT molecular complexity index is 1480. The normalized spacial score (nSPS) is 16.4. The molecule has 5 heterocycles. The van der Waals surface area contributed by atoms with Crippen LogP contribution in [0.5, 0.6) is 5.75 Å². The van der Waals surface area contributed by atoms with E-state index in [4.69, 9.17) is 22.1 Å². The Kier molecular flexibility index (Phi) is 8.04. The number of fused-ring (bicyclic) bond motifs is 1. The molecule has 4 N–H and O–H groups in total. The molecule has 0 aliphatic carbocycles. The number of H-pyrrole nitrogens is 1. The van der Waals surface area contributed by atoms with Crippen molar-refractivity contribution in [2.45, 2.75) is 39.7 Å². The Balaban J connectivity index is 1.38. The van der Waals surface area contributed by atoms with E-state index >= 15 is 0 Å². The highest BCUT2D eigenvalue weighted by atomic mass is 35.5. The van der Waals surface area contributed by atoms with E-state index in [1.807, 2.05) is 13.8 Å². The van der Waals surface area contributed by atoms with Crippen LogP contribution in [0.3, 0.4) is 0 Å². The molecule has 0 saturated carbocycles. The molecule has 0 unspecified atom stereocenters. The Morgan fingerprint density at radius 2 is 2.02 bits per heavy atom. The number of nitrogens with zero attached hydrogens (tertiary/aromatic N) is 5. The number of rotatable bonds is 8. The molecule has 3 aromatic heterocycles. The number of nitrogens with one attached hydrogen (secondary N) is 2. The van der Waals surface area contributed by atoms with Gasteiger partial charge in [-0.05, 0) is 51.9 Å². The van der Waals surface area contributed by atoms with Crippen molar-refractivity contribution in [2.24, 2.45) is 0 Å². The van der Waals surface area contributed by atoms with Crippen molar-refractivity contribution < 1.29 is 14.3 Å². The number of anilines is 2. The zero-order chi connectivity index (χ0) is 28.4. The molecule has 5 rings (SSSR count). The minimum Gasteiger partial charge on any atom is -0.496 e. The average Bonchev–Trinajstić information content (AvgIpc) is 3.50. The predicted molar refractivity (Wildman–Crippen MR) is 154 cm³/mol. The van der Waals surface area contributed by atoms with Gasteiger partial charge in [-0.2, -0.15) is 4.98 Å². The lowest BCUT2D eigenvalue weighted by molar-refractivity contribution is -0.113. The standard InChI is InChI=1S/C28H33ClN8O3/c1-16-13-33-21(17(2)23(16)40-3)15-37-25-22(24(29)34-28(30)35-25)20(27(37)39)12-19-11-18(14-32-19)26(38)31-7-10-36-8-5-4-6-9-36/h11-14,32H,4-10,15H2,1-3H3,(H,31,38)(H2,30,34,35)/b20-12-. The summed E-state index contributed by atoms with van der Waals surface area (Å²) in [5.74, 6) is 0.455. The van der Waals surface area contributed by atoms with Crippen LogP contribution in [0, 0.1) is 13.8 Å². The quantitative estimate of drug-likeness (QED) is 0.279. The fourth-order valence-corrected chi connectivity index (χ4v) is 5.54. The number of carbonyl (C=O) groups is 2. The van der Waals surface area contributed by atoms with E-state index in [1.165, 1.54) is 24.2 Å². The van der Waals surface area contributed by atoms with Crippen LogP contribution in [0.1, 0.15) is 57.7 Å². The number of piperidine rings is 1. The smallest absolute Gasteiger partial charge is 0.260 e. The van der Waals surface area contributed by atoms with E-state index in [9.17, 15) is 9.59 Å². The lowest BCUT2D eigenvalue weighted by Crippen LogP contribution is -2.37. The highest BCUT2D eigenvalue weighted by molar-refractivity contribution is 6.41. The van der Waals surface area contributed by atoms with Crippen LogP contribution in [0.2, 0.25) is 5.15 Å². The van der Waals surface area contributed by atoms with Crippen molar-refractivity contribution in [3.8, 4) is 5.75 Å². The molecule has 0 spiro atoms. The first-order valence-corrected chi connectivity index (χ1v) is 13.7. The summed E-state index contributed by atoms with van der Waals surface area (Å²) in [7, 11) is 1.60. The number of likely N-dealkylation sites (tertiary alicyclic amines) is 1. The molecule has 0 bridgehead atoms. The highest BCUT2D eigenvalue weighted by Gasteiger charge is 2.37. The van der Waals surface area contributed by atoms with Crippen molar-refractivity contribution in [2.75, 3.05) is 43.9 Å². The molecule has 2 amide bonds. The molecule has 1 fully saturated rings. The number of methoxy groups -OCH3 is 1. The Morgan fingerprint density at radius 3 is 2.77 bits per heavy atom. The van der Waals surface area contributed by atoms with Crippen molar-refractivity contribution in [3.63, 3.8) is 0 Å². The zero-order valence-corrected chi connectivity index (χ0v) is 23.6. The Hall–Kier alpha value is -3.96. The maximum Gasteiger partial charge on any atom is 0.260 e. The molecule has 12 heteroatoms. The number of halogens is 1. The third kappa shape index (κ3) is 5.52. The number of pyridine rings is 1. The molecule has 40 heavy (non-hydrogen) atoms. The number of aromatic nitrogens is 4. The van der Waals surface area contributed by atoms with Gasteiger partial charge in [0.25, 0.3) is 11.8 Å². The fourth-order valence-electron chi connectivity index (χ4n) is 5.27. The summed E-state index contributed by atoms with van der Waals surface area (Å²) in [6, 6.07) is 1.70. The van der Waals surface area contributed by atoms with Gasteiger partial charge >= 0.3 is 0 Å². The van der Waals surface area contributed by atoms with Crippen LogP contribution in [0.15, 0.2) is 18.5 Å². The minimum absolute atomic E-state index is 0.0441. The number of hydrogen-bond donors (Lipinski definition) is 3. The molecular formula is C28H33ClN8O3. The average molecular weight is 565 g/mol. The van der Waals surface area contributed by atoms with Gasteiger partial charge in [0.05, 0.1) is 36.0 Å². The zero-order valence-electron chi connectivity index (χ0n) is 22.9.